The molecule has 0 radical (unpaired) electrons. The third-order valence-electron chi connectivity index (χ3n) is 6.96. The highest BCUT2D eigenvalue weighted by Crippen LogP contribution is 2.30. The number of hydrogen-bond donors (Lipinski definition) is 1. The molecule has 1 aliphatic carbocycles. The Labute approximate surface area is 208 Å². The maximum absolute atomic E-state index is 13.3. The molecule has 0 spiro atoms. The molecule has 1 aliphatic heterocycles. The van der Waals surface area contributed by atoms with Crippen molar-refractivity contribution in [3.63, 3.8) is 0 Å². The largest absolute Gasteiger partial charge is 0.491 e. The van der Waals surface area contributed by atoms with Crippen LogP contribution in [0.2, 0.25) is 0 Å². The molecule has 3 rings (SSSR count). The summed E-state index contributed by atoms with van der Waals surface area (Å²) in [6, 6.07) is 4.92. The van der Waals surface area contributed by atoms with Crippen molar-refractivity contribution in [1.29, 1.82) is 0 Å². The van der Waals surface area contributed by atoms with Crippen LogP contribution in [0.4, 0.5) is 5.69 Å². The fraction of sp³-hybridized carbons (Fsp3) is 0.654. The molecule has 0 saturated heterocycles. The first-order chi connectivity index (χ1) is 16.6. The van der Waals surface area contributed by atoms with Gasteiger partial charge in [-0.15, -0.1) is 0 Å². The minimum absolute atomic E-state index is 0.00134. The number of rotatable bonds is 5. The van der Waals surface area contributed by atoms with Crippen molar-refractivity contribution in [1.82, 2.24) is 14.7 Å². The van der Waals surface area contributed by atoms with Gasteiger partial charge in [-0.2, -0.15) is 0 Å². The van der Waals surface area contributed by atoms with E-state index in [4.69, 9.17) is 9.47 Å². The SMILES string of the molecule is CO[C@@H]1CN(C)C(=O)c2ccc(NC(=O)C3CCC3)cc2OC[C@H](C)N(C(=O)CN(C)C)C[C@@H]1C. The predicted octanol–water partition coefficient (Wildman–Crippen LogP) is 2.32. The summed E-state index contributed by atoms with van der Waals surface area (Å²) < 4.78 is 11.9. The quantitative estimate of drug-likeness (QED) is 0.684. The summed E-state index contributed by atoms with van der Waals surface area (Å²) in [4.78, 5) is 44.2. The van der Waals surface area contributed by atoms with E-state index in [9.17, 15) is 14.4 Å². The maximum Gasteiger partial charge on any atom is 0.257 e. The van der Waals surface area contributed by atoms with Crippen LogP contribution in [0.3, 0.4) is 0 Å². The van der Waals surface area contributed by atoms with Crippen molar-refractivity contribution in [2.75, 3.05) is 59.8 Å². The van der Waals surface area contributed by atoms with Gasteiger partial charge in [0, 0.05) is 50.8 Å². The zero-order chi connectivity index (χ0) is 25.7. The van der Waals surface area contributed by atoms with Gasteiger partial charge in [0.1, 0.15) is 12.4 Å². The van der Waals surface area contributed by atoms with Gasteiger partial charge in [0.25, 0.3) is 5.91 Å². The van der Waals surface area contributed by atoms with E-state index in [0.717, 1.165) is 19.3 Å². The molecule has 0 aromatic heterocycles. The van der Waals surface area contributed by atoms with Gasteiger partial charge in [-0.1, -0.05) is 13.3 Å². The molecule has 3 amide bonds. The number of benzene rings is 1. The molecule has 1 fully saturated rings. The number of hydrogen-bond acceptors (Lipinski definition) is 6. The Bertz CT molecular complexity index is 917. The standard InChI is InChI=1S/C26H40N4O5/c1-17-13-30(24(31)15-28(3)4)18(2)16-35-22-12-20(27-25(32)19-8-7-9-19)10-11-21(22)26(33)29(5)14-23(17)34-6/h10-12,17-19,23H,7-9,13-16H2,1-6H3,(H,27,32)/t17-,18-,23+/m0/s1. The van der Waals surface area contributed by atoms with Crippen molar-refractivity contribution in [2.24, 2.45) is 11.8 Å². The summed E-state index contributed by atoms with van der Waals surface area (Å²) in [6.45, 7) is 5.35. The lowest BCUT2D eigenvalue weighted by atomic mass is 9.85. The van der Waals surface area contributed by atoms with Gasteiger partial charge in [0.05, 0.1) is 24.3 Å². The smallest absolute Gasteiger partial charge is 0.257 e. The van der Waals surface area contributed by atoms with Gasteiger partial charge in [-0.3, -0.25) is 14.4 Å². The summed E-state index contributed by atoms with van der Waals surface area (Å²) in [6.07, 6.45) is 2.65. The molecule has 9 nitrogen and oxygen atoms in total. The Morgan fingerprint density at radius 3 is 2.51 bits per heavy atom. The number of methoxy groups -OCH3 is 1. The van der Waals surface area contributed by atoms with Gasteiger partial charge in [0.2, 0.25) is 11.8 Å². The summed E-state index contributed by atoms with van der Waals surface area (Å²) >= 11 is 0. The van der Waals surface area contributed by atoms with Crippen LogP contribution >= 0.6 is 0 Å². The van der Waals surface area contributed by atoms with Crippen molar-refractivity contribution in [3.8, 4) is 5.75 Å². The summed E-state index contributed by atoms with van der Waals surface area (Å²) in [5, 5.41) is 2.95. The lowest BCUT2D eigenvalue weighted by Gasteiger charge is -2.36. The summed E-state index contributed by atoms with van der Waals surface area (Å²) in [7, 11) is 7.11. The Kier molecular flexibility index (Phi) is 9.13. The highest BCUT2D eigenvalue weighted by atomic mass is 16.5. The fourth-order valence-electron chi connectivity index (χ4n) is 4.47. The molecule has 35 heavy (non-hydrogen) atoms. The van der Waals surface area contributed by atoms with Gasteiger partial charge >= 0.3 is 0 Å². The van der Waals surface area contributed by atoms with E-state index in [-0.39, 0.29) is 48.3 Å². The second-order valence-corrected chi connectivity index (χ2v) is 10.2. The molecule has 2 aliphatic rings. The molecule has 1 aromatic carbocycles. The molecule has 194 valence electrons. The Morgan fingerprint density at radius 1 is 1.20 bits per heavy atom. The van der Waals surface area contributed by atoms with Gasteiger partial charge < -0.3 is 29.5 Å². The molecule has 1 heterocycles. The molecular weight excluding hydrogens is 448 g/mol. The monoisotopic (exact) mass is 488 g/mol. The van der Waals surface area contributed by atoms with Crippen molar-refractivity contribution in [2.45, 2.75) is 45.3 Å². The highest BCUT2D eigenvalue weighted by Gasteiger charge is 2.31. The van der Waals surface area contributed by atoms with E-state index in [2.05, 4.69) is 5.32 Å². The van der Waals surface area contributed by atoms with E-state index < -0.39 is 0 Å². The normalized spacial score (nSPS) is 24.1. The number of amides is 3. The van der Waals surface area contributed by atoms with Crippen LogP contribution in [0.15, 0.2) is 18.2 Å². The maximum atomic E-state index is 13.3. The second-order valence-electron chi connectivity index (χ2n) is 10.2. The molecule has 1 N–H and O–H groups in total. The van der Waals surface area contributed by atoms with Crippen LogP contribution in [0.5, 0.6) is 5.75 Å². The van der Waals surface area contributed by atoms with Crippen LogP contribution in [0, 0.1) is 11.8 Å². The fourth-order valence-corrected chi connectivity index (χ4v) is 4.47. The first-order valence-electron chi connectivity index (χ1n) is 12.4. The first-order valence-corrected chi connectivity index (χ1v) is 12.4. The Morgan fingerprint density at radius 2 is 1.91 bits per heavy atom. The van der Waals surface area contributed by atoms with Crippen LogP contribution in [0.25, 0.3) is 0 Å². The number of anilines is 1. The number of ether oxygens (including phenoxy) is 2. The van der Waals surface area contributed by atoms with Gasteiger partial charge in [-0.05, 0) is 46.0 Å². The number of fused-ring (bicyclic) bond motifs is 1. The molecule has 3 atom stereocenters. The number of nitrogens with one attached hydrogen (secondary N) is 1. The topological polar surface area (TPSA) is 91.4 Å². The summed E-state index contributed by atoms with van der Waals surface area (Å²) in [5.41, 5.74) is 1.01. The van der Waals surface area contributed by atoms with Crippen molar-refractivity contribution in [3.05, 3.63) is 23.8 Å². The van der Waals surface area contributed by atoms with E-state index in [1.54, 1.807) is 37.3 Å². The number of carbonyl (C=O) groups is 3. The second kappa shape index (κ2) is 11.9. The van der Waals surface area contributed by atoms with E-state index >= 15 is 0 Å². The molecule has 1 aromatic rings. The molecule has 0 unspecified atom stereocenters. The zero-order valence-electron chi connectivity index (χ0n) is 21.9. The third kappa shape index (κ3) is 6.73. The third-order valence-corrected chi connectivity index (χ3v) is 6.96. The molecular formula is C26H40N4O5. The lowest BCUT2D eigenvalue weighted by molar-refractivity contribution is -0.136. The van der Waals surface area contributed by atoms with Crippen molar-refractivity contribution >= 4 is 23.4 Å². The minimum atomic E-state index is -0.240. The average Bonchev–Trinajstić information content (AvgIpc) is 2.76. The highest BCUT2D eigenvalue weighted by molar-refractivity contribution is 5.99. The van der Waals surface area contributed by atoms with Crippen LogP contribution in [-0.2, 0) is 14.3 Å². The van der Waals surface area contributed by atoms with E-state index in [0.29, 0.717) is 36.6 Å². The van der Waals surface area contributed by atoms with Crippen LogP contribution in [0.1, 0.15) is 43.5 Å². The van der Waals surface area contributed by atoms with Crippen LogP contribution < -0.4 is 10.1 Å². The van der Waals surface area contributed by atoms with Gasteiger partial charge in [0.15, 0.2) is 0 Å². The van der Waals surface area contributed by atoms with E-state index in [1.807, 2.05) is 37.7 Å². The Hall–Kier alpha value is -2.65. The predicted molar refractivity (Wildman–Crippen MR) is 135 cm³/mol. The first kappa shape index (κ1) is 26.9. The average molecular weight is 489 g/mol. The number of carbonyl (C=O) groups excluding carboxylic acids is 3. The molecule has 9 heteroatoms. The van der Waals surface area contributed by atoms with E-state index in [1.165, 1.54) is 0 Å². The summed E-state index contributed by atoms with van der Waals surface area (Å²) in [5.74, 6) is 0.276. The Balaban J connectivity index is 1.91. The van der Waals surface area contributed by atoms with Gasteiger partial charge in [-0.25, -0.2) is 0 Å². The number of likely N-dealkylation sites (N-methyl/N-ethyl adjacent to an activating group) is 2. The lowest BCUT2D eigenvalue weighted by Crippen LogP contribution is -2.50. The molecule has 1 saturated carbocycles. The minimum Gasteiger partial charge on any atom is -0.491 e. The number of nitrogens with zero attached hydrogens (tertiary/aromatic N) is 3. The zero-order valence-corrected chi connectivity index (χ0v) is 21.9. The van der Waals surface area contributed by atoms with Crippen LogP contribution in [-0.4, -0.2) is 99.1 Å². The van der Waals surface area contributed by atoms with Crippen molar-refractivity contribution < 1.29 is 23.9 Å². The molecule has 0 bridgehead atoms.